The van der Waals surface area contributed by atoms with Gasteiger partial charge < -0.3 is 15.8 Å². The van der Waals surface area contributed by atoms with Crippen molar-refractivity contribution in [3.63, 3.8) is 0 Å². The molecule has 3 N–H and O–H groups in total. The van der Waals surface area contributed by atoms with Gasteiger partial charge in [0.15, 0.2) is 11.7 Å². The number of benzene rings is 2. The zero-order valence-electron chi connectivity index (χ0n) is 16.0. The van der Waals surface area contributed by atoms with Crippen LogP contribution in [0.2, 0.25) is 0 Å². The summed E-state index contributed by atoms with van der Waals surface area (Å²) in [7, 11) is 0. The van der Waals surface area contributed by atoms with Gasteiger partial charge in [-0.3, -0.25) is 4.90 Å². The van der Waals surface area contributed by atoms with Crippen LogP contribution in [0.3, 0.4) is 0 Å². The number of aliphatic imine (C=N–C) groups is 1. The van der Waals surface area contributed by atoms with Crippen LogP contribution in [-0.4, -0.2) is 30.3 Å². The highest BCUT2D eigenvalue weighted by Gasteiger charge is 2.32. The lowest BCUT2D eigenvalue weighted by Gasteiger charge is -2.19. The predicted molar refractivity (Wildman–Crippen MR) is 105 cm³/mol. The van der Waals surface area contributed by atoms with Gasteiger partial charge in [-0.2, -0.15) is 0 Å². The fourth-order valence-electron chi connectivity index (χ4n) is 2.69. The van der Waals surface area contributed by atoms with Crippen LogP contribution in [0.5, 0.6) is 5.75 Å². The number of nitrogens with one attached hydrogen (secondary N) is 1. The second-order valence-corrected chi connectivity index (χ2v) is 6.10. The SMILES string of the molecule is CCN(CC)Cc1ccccc1CN=C(N)Nc1ccccc1OC(F)(F)F. The Morgan fingerprint density at radius 2 is 1.64 bits per heavy atom. The van der Waals surface area contributed by atoms with Crippen molar-refractivity contribution in [3.8, 4) is 5.75 Å². The number of nitrogens with two attached hydrogens (primary N) is 1. The lowest BCUT2D eigenvalue weighted by Crippen LogP contribution is -2.25. The largest absolute Gasteiger partial charge is 0.573 e. The molecule has 0 radical (unpaired) electrons. The maximum atomic E-state index is 12.5. The molecule has 0 aliphatic rings. The molecule has 0 aliphatic carbocycles. The second-order valence-electron chi connectivity index (χ2n) is 6.10. The van der Waals surface area contributed by atoms with E-state index in [1.165, 1.54) is 18.2 Å². The highest BCUT2D eigenvalue weighted by molar-refractivity contribution is 5.93. The summed E-state index contributed by atoms with van der Waals surface area (Å²) in [5, 5.41) is 2.68. The molecule has 5 nitrogen and oxygen atoms in total. The minimum absolute atomic E-state index is 0.0101. The summed E-state index contributed by atoms with van der Waals surface area (Å²) in [6.07, 6.45) is -4.78. The summed E-state index contributed by atoms with van der Waals surface area (Å²) < 4.78 is 41.6. The van der Waals surface area contributed by atoms with Crippen LogP contribution in [0, 0.1) is 0 Å². The summed E-state index contributed by atoms with van der Waals surface area (Å²) >= 11 is 0. The summed E-state index contributed by atoms with van der Waals surface area (Å²) in [6.45, 7) is 7.20. The molecule has 8 heteroatoms. The molecule has 2 aromatic rings. The van der Waals surface area contributed by atoms with Gasteiger partial charge in [0, 0.05) is 6.54 Å². The van der Waals surface area contributed by atoms with Crippen molar-refractivity contribution in [2.75, 3.05) is 18.4 Å². The number of rotatable bonds is 8. The molecular weight excluding hydrogens is 369 g/mol. The van der Waals surface area contributed by atoms with E-state index in [0.29, 0.717) is 6.54 Å². The number of hydrogen-bond donors (Lipinski definition) is 2. The molecule has 0 amide bonds. The van der Waals surface area contributed by atoms with Crippen LogP contribution < -0.4 is 15.8 Å². The molecule has 2 rings (SSSR count). The lowest BCUT2D eigenvalue weighted by molar-refractivity contribution is -0.274. The van der Waals surface area contributed by atoms with E-state index in [1.54, 1.807) is 6.07 Å². The van der Waals surface area contributed by atoms with Gasteiger partial charge in [0.1, 0.15) is 0 Å². The van der Waals surface area contributed by atoms with Crippen LogP contribution in [0.15, 0.2) is 53.5 Å². The third kappa shape index (κ3) is 6.77. The Labute approximate surface area is 163 Å². The highest BCUT2D eigenvalue weighted by atomic mass is 19.4. The van der Waals surface area contributed by atoms with Crippen molar-refractivity contribution in [2.24, 2.45) is 10.7 Å². The number of nitrogens with zero attached hydrogens (tertiary/aromatic N) is 2. The molecular formula is C20H25F3N4O. The van der Waals surface area contributed by atoms with Gasteiger partial charge in [-0.05, 0) is 36.3 Å². The highest BCUT2D eigenvalue weighted by Crippen LogP contribution is 2.29. The van der Waals surface area contributed by atoms with Gasteiger partial charge >= 0.3 is 6.36 Å². The monoisotopic (exact) mass is 394 g/mol. The fraction of sp³-hybridized carbons (Fsp3) is 0.350. The van der Waals surface area contributed by atoms with E-state index in [1.807, 2.05) is 24.3 Å². The van der Waals surface area contributed by atoms with Crippen molar-refractivity contribution in [2.45, 2.75) is 33.3 Å². The molecule has 0 unspecified atom stereocenters. The molecule has 28 heavy (non-hydrogen) atoms. The summed E-state index contributed by atoms with van der Waals surface area (Å²) in [6, 6.07) is 13.6. The Bertz CT molecular complexity index is 789. The first-order valence-electron chi connectivity index (χ1n) is 9.03. The van der Waals surface area contributed by atoms with Crippen LogP contribution >= 0.6 is 0 Å². The summed E-state index contributed by atoms with van der Waals surface area (Å²) in [4.78, 5) is 6.56. The van der Waals surface area contributed by atoms with Crippen molar-refractivity contribution in [3.05, 3.63) is 59.7 Å². The van der Waals surface area contributed by atoms with E-state index >= 15 is 0 Å². The zero-order chi connectivity index (χ0) is 20.6. The van der Waals surface area contributed by atoms with Crippen LogP contribution in [0.25, 0.3) is 0 Å². The van der Waals surface area contributed by atoms with Crippen LogP contribution in [0.4, 0.5) is 18.9 Å². The molecule has 0 saturated heterocycles. The van der Waals surface area contributed by atoms with E-state index < -0.39 is 6.36 Å². The van der Waals surface area contributed by atoms with E-state index in [2.05, 4.69) is 33.8 Å². The number of hydrogen-bond acceptors (Lipinski definition) is 3. The molecule has 2 aromatic carbocycles. The van der Waals surface area contributed by atoms with Gasteiger partial charge in [-0.25, -0.2) is 4.99 Å². The standard InChI is InChI=1S/C20H25F3N4O/c1-3-27(4-2)14-16-10-6-5-9-15(16)13-25-19(24)26-17-11-7-8-12-18(17)28-20(21,22)23/h5-12H,3-4,13-14H2,1-2H3,(H3,24,25,26). The minimum Gasteiger partial charge on any atom is -0.404 e. The molecule has 0 atom stereocenters. The molecule has 0 fully saturated rings. The van der Waals surface area contributed by atoms with Crippen molar-refractivity contribution < 1.29 is 17.9 Å². The van der Waals surface area contributed by atoms with E-state index in [0.717, 1.165) is 30.8 Å². The number of para-hydroxylation sites is 2. The van der Waals surface area contributed by atoms with Crippen LogP contribution in [-0.2, 0) is 13.1 Å². The van der Waals surface area contributed by atoms with E-state index in [4.69, 9.17) is 5.73 Å². The normalized spacial score (nSPS) is 12.3. The third-order valence-corrected chi connectivity index (χ3v) is 4.20. The molecule has 0 aromatic heterocycles. The van der Waals surface area contributed by atoms with Gasteiger partial charge in [0.05, 0.1) is 12.2 Å². The van der Waals surface area contributed by atoms with Gasteiger partial charge in [0.2, 0.25) is 0 Å². The number of anilines is 1. The second kappa shape index (κ2) is 9.98. The molecule has 152 valence electrons. The Morgan fingerprint density at radius 3 is 2.29 bits per heavy atom. The average Bonchev–Trinajstić information content (AvgIpc) is 2.65. The van der Waals surface area contributed by atoms with Gasteiger partial charge in [-0.1, -0.05) is 50.2 Å². The number of ether oxygens (including phenoxy) is 1. The molecule has 0 spiro atoms. The summed E-state index contributed by atoms with van der Waals surface area (Å²) in [5.41, 5.74) is 8.13. The van der Waals surface area contributed by atoms with E-state index in [9.17, 15) is 13.2 Å². The Balaban J connectivity index is 2.10. The lowest BCUT2D eigenvalue weighted by atomic mass is 10.1. The Hall–Kier alpha value is -2.74. The molecule has 0 heterocycles. The quantitative estimate of drug-likeness (QED) is 0.516. The van der Waals surface area contributed by atoms with Crippen molar-refractivity contribution >= 4 is 11.6 Å². The zero-order valence-corrected chi connectivity index (χ0v) is 16.0. The number of alkyl halides is 3. The first kappa shape index (κ1) is 21.6. The fourth-order valence-corrected chi connectivity index (χ4v) is 2.69. The predicted octanol–water partition coefficient (Wildman–Crippen LogP) is 4.35. The summed E-state index contributed by atoms with van der Waals surface area (Å²) in [5.74, 6) is -0.356. The Morgan fingerprint density at radius 1 is 1.04 bits per heavy atom. The molecule has 0 bridgehead atoms. The van der Waals surface area contributed by atoms with Crippen molar-refractivity contribution in [1.82, 2.24) is 4.90 Å². The maximum absolute atomic E-state index is 12.5. The number of guanidine groups is 1. The maximum Gasteiger partial charge on any atom is 0.573 e. The molecule has 0 saturated carbocycles. The minimum atomic E-state index is -4.78. The Kier molecular flexibility index (Phi) is 7.69. The first-order chi connectivity index (χ1) is 13.3. The third-order valence-electron chi connectivity index (χ3n) is 4.20. The van der Waals surface area contributed by atoms with Crippen LogP contribution in [0.1, 0.15) is 25.0 Å². The van der Waals surface area contributed by atoms with E-state index in [-0.39, 0.29) is 17.4 Å². The average molecular weight is 394 g/mol. The molecule has 0 aliphatic heterocycles. The number of halogens is 3. The smallest absolute Gasteiger partial charge is 0.404 e. The van der Waals surface area contributed by atoms with Crippen molar-refractivity contribution in [1.29, 1.82) is 0 Å². The first-order valence-corrected chi connectivity index (χ1v) is 9.03. The van der Waals surface area contributed by atoms with Gasteiger partial charge in [-0.15, -0.1) is 13.2 Å². The topological polar surface area (TPSA) is 62.9 Å². The van der Waals surface area contributed by atoms with Gasteiger partial charge in [0.25, 0.3) is 0 Å².